The van der Waals surface area contributed by atoms with E-state index in [2.05, 4.69) is 27.5 Å². The number of carbonyl (C=O) groups is 1. The number of hydrogen-bond acceptors (Lipinski definition) is 4. The molecule has 140 valence electrons. The number of hydrogen-bond donors (Lipinski definition) is 1. The molecule has 0 saturated heterocycles. The third-order valence-corrected chi connectivity index (χ3v) is 5.43. The van der Waals surface area contributed by atoms with Crippen molar-refractivity contribution < 1.29 is 4.79 Å². The molecule has 0 aliphatic rings. The van der Waals surface area contributed by atoms with Gasteiger partial charge in [0.05, 0.1) is 17.8 Å². The van der Waals surface area contributed by atoms with Gasteiger partial charge in [-0.05, 0) is 43.7 Å². The van der Waals surface area contributed by atoms with E-state index in [9.17, 15) is 4.79 Å². The fraction of sp³-hybridized carbons (Fsp3) is 0.136. The Kier molecular flexibility index (Phi) is 5.04. The first-order valence-electron chi connectivity index (χ1n) is 9.01. The third kappa shape index (κ3) is 3.73. The molecule has 0 radical (unpaired) electrons. The van der Waals surface area contributed by atoms with Crippen LogP contribution < -0.4 is 5.32 Å². The third-order valence-electron chi connectivity index (χ3n) is 4.61. The van der Waals surface area contributed by atoms with Gasteiger partial charge >= 0.3 is 0 Å². The molecule has 0 unspecified atom stereocenters. The van der Waals surface area contributed by atoms with Crippen LogP contribution in [0, 0.1) is 13.8 Å². The van der Waals surface area contributed by atoms with E-state index in [0.29, 0.717) is 12.1 Å². The number of nitrogens with zero attached hydrogens (tertiary/aromatic N) is 3. The van der Waals surface area contributed by atoms with Gasteiger partial charge in [-0.3, -0.25) is 9.48 Å². The molecular weight excluding hydrogens is 368 g/mol. The summed E-state index contributed by atoms with van der Waals surface area (Å²) in [7, 11) is 0. The zero-order chi connectivity index (χ0) is 19.5. The number of aryl methyl sites for hydroxylation is 1. The van der Waals surface area contributed by atoms with Gasteiger partial charge in [0.25, 0.3) is 5.91 Å². The topological polar surface area (TPSA) is 59.8 Å². The summed E-state index contributed by atoms with van der Waals surface area (Å²) in [5.41, 5.74) is 5.15. The van der Waals surface area contributed by atoms with Gasteiger partial charge in [0.15, 0.2) is 0 Å². The predicted molar refractivity (Wildman–Crippen MR) is 113 cm³/mol. The number of benzene rings is 2. The molecule has 2 aromatic carbocycles. The molecule has 4 rings (SSSR count). The summed E-state index contributed by atoms with van der Waals surface area (Å²) in [6.07, 6.45) is 1.79. The quantitative estimate of drug-likeness (QED) is 0.528. The number of carbonyl (C=O) groups excluding carboxylic acids is 1. The lowest BCUT2D eigenvalue weighted by Crippen LogP contribution is -2.14. The van der Waals surface area contributed by atoms with Crippen LogP contribution in [0.5, 0.6) is 0 Å². The summed E-state index contributed by atoms with van der Waals surface area (Å²) < 4.78 is 1.88. The van der Waals surface area contributed by atoms with E-state index in [4.69, 9.17) is 0 Å². The lowest BCUT2D eigenvalue weighted by atomic mass is 10.1. The first kappa shape index (κ1) is 18.1. The average Bonchev–Trinajstić information content (AvgIpc) is 3.32. The molecule has 5 nitrogen and oxygen atoms in total. The van der Waals surface area contributed by atoms with Crippen LogP contribution in [0.4, 0.5) is 5.69 Å². The minimum absolute atomic E-state index is 0.142. The highest BCUT2D eigenvalue weighted by atomic mass is 32.1. The Morgan fingerprint density at radius 2 is 1.82 bits per heavy atom. The molecule has 6 heteroatoms. The van der Waals surface area contributed by atoms with Crippen molar-refractivity contribution in [1.82, 2.24) is 14.8 Å². The van der Waals surface area contributed by atoms with Crippen molar-refractivity contribution in [3.63, 3.8) is 0 Å². The van der Waals surface area contributed by atoms with Crippen LogP contribution in [0.15, 0.2) is 66.2 Å². The second kappa shape index (κ2) is 7.78. The molecular formula is C22H20N4OS. The molecule has 28 heavy (non-hydrogen) atoms. The molecule has 1 N–H and O–H groups in total. The summed E-state index contributed by atoms with van der Waals surface area (Å²) in [6, 6.07) is 17.8. The van der Waals surface area contributed by atoms with Crippen LogP contribution in [-0.4, -0.2) is 20.7 Å². The molecule has 0 atom stereocenters. The molecule has 0 saturated carbocycles. The fourth-order valence-electron chi connectivity index (χ4n) is 3.19. The van der Waals surface area contributed by atoms with Gasteiger partial charge < -0.3 is 5.32 Å². The SMILES string of the molecule is Cc1nn(Cc2ccccc2)c(C)c1C(=O)Nc1ccc(-c2nccs2)cc1. The van der Waals surface area contributed by atoms with Crippen molar-refractivity contribution >= 4 is 22.9 Å². The standard InChI is InChI=1S/C22H20N4OS/c1-15-20(16(2)26(25-15)14-17-6-4-3-5-7-17)21(27)24-19-10-8-18(9-11-19)22-23-12-13-28-22/h3-13H,14H2,1-2H3,(H,24,27). The first-order valence-corrected chi connectivity index (χ1v) is 9.89. The Hall–Kier alpha value is -3.25. The van der Waals surface area contributed by atoms with Crippen LogP contribution in [-0.2, 0) is 6.54 Å². The lowest BCUT2D eigenvalue weighted by molar-refractivity contribution is 0.102. The van der Waals surface area contributed by atoms with E-state index in [0.717, 1.165) is 33.2 Å². The molecule has 1 amide bonds. The monoisotopic (exact) mass is 388 g/mol. The van der Waals surface area contributed by atoms with Gasteiger partial charge in [-0.15, -0.1) is 11.3 Å². The van der Waals surface area contributed by atoms with E-state index in [1.165, 1.54) is 0 Å². The summed E-state index contributed by atoms with van der Waals surface area (Å²) in [4.78, 5) is 17.2. The number of thiazole rings is 1. The van der Waals surface area contributed by atoms with Gasteiger partial charge in [-0.2, -0.15) is 5.10 Å². The zero-order valence-corrected chi connectivity index (χ0v) is 16.5. The Morgan fingerprint density at radius 3 is 2.50 bits per heavy atom. The highest BCUT2D eigenvalue weighted by Crippen LogP contribution is 2.24. The lowest BCUT2D eigenvalue weighted by Gasteiger charge is -2.08. The summed E-state index contributed by atoms with van der Waals surface area (Å²) in [6.45, 7) is 4.45. The Morgan fingerprint density at radius 1 is 1.07 bits per heavy atom. The molecule has 2 heterocycles. The van der Waals surface area contributed by atoms with Crippen LogP contribution in [0.25, 0.3) is 10.6 Å². The number of nitrogens with one attached hydrogen (secondary N) is 1. The molecule has 0 bridgehead atoms. The summed E-state index contributed by atoms with van der Waals surface area (Å²) in [5, 5.41) is 10.5. The average molecular weight is 388 g/mol. The highest BCUT2D eigenvalue weighted by molar-refractivity contribution is 7.13. The summed E-state index contributed by atoms with van der Waals surface area (Å²) >= 11 is 1.59. The van der Waals surface area contributed by atoms with E-state index < -0.39 is 0 Å². The van der Waals surface area contributed by atoms with E-state index in [-0.39, 0.29) is 5.91 Å². The largest absolute Gasteiger partial charge is 0.322 e. The van der Waals surface area contributed by atoms with Crippen molar-refractivity contribution in [3.05, 3.63) is 88.7 Å². The molecule has 2 aromatic heterocycles. The van der Waals surface area contributed by atoms with Gasteiger partial charge in [-0.1, -0.05) is 30.3 Å². The van der Waals surface area contributed by atoms with Crippen LogP contribution >= 0.6 is 11.3 Å². The second-order valence-corrected chi connectivity index (χ2v) is 7.45. The van der Waals surface area contributed by atoms with Gasteiger partial charge in [0, 0.05) is 28.5 Å². The normalized spacial score (nSPS) is 10.8. The maximum absolute atomic E-state index is 12.9. The van der Waals surface area contributed by atoms with Crippen molar-refractivity contribution in [1.29, 1.82) is 0 Å². The number of rotatable bonds is 5. The minimum atomic E-state index is -0.142. The van der Waals surface area contributed by atoms with Gasteiger partial charge in [0.2, 0.25) is 0 Å². The highest BCUT2D eigenvalue weighted by Gasteiger charge is 2.19. The van der Waals surface area contributed by atoms with Crippen LogP contribution in [0.1, 0.15) is 27.3 Å². The molecule has 4 aromatic rings. The fourth-order valence-corrected chi connectivity index (χ4v) is 3.84. The number of amides is 1. The Bertz CT molecular complexity index is 1080. The second-order valence-electron chi connectivity index (χ2n) is 6.56. The Balaban J connectivity index is 1.52. The maximum atomic E-state index is 12.9. The molecule has 0 aliphatic carbocycles. The van der Waals surface area contributed by atoms with E-state index >= 15 is 0 Å². The van der Waals surface area contributed by atoms with Crippen molar-refractivity contribution in [2.45, 2.75) is 20.4 Å². The minimum Gasteiger partial charge on any atom is -0.322 e. The Labute approximate surface area is 167 Å². The van der Waals surface area contributed by atoms with Crippen molar-refractivity contribution in [2.24, 2.45) is 0 Å². The van der Waals surface area contributed by atoms with Crippen LogP contribution in [0.3, 0.4) is 0 Å². The van der Waals surface area contributed by atoms with Gasteiger partial charge in [-0.25, -0.2) is 4.98 Å². The number of aromatic nitrogens is 3. The predicted octanol–water partition coefficient (Wildman–Crippen LogP) is 4.92. The first-order chi connectivity index (χ1) is 13.6. The molecule has 0 spiro atoms. The molecule has 0 aliphatic heterocycles. The smallest absolute Gasteiger partial charge is 0.259 e. The maximum Gasteiger partial charge on any atom is 0.259 e. The summed E-state index contributed by atoms with van der Waals surface area (Å²) in [5.74, 6) is -0.142. The molecule has 0 fully saturated rings. The number of anilines is 1. The van der Waals surface area contributed by atoms with Crippen molar-refractivity contribution in [3.8, 4) is 10.6 Å². The van der Waals surface area contributed by atoms with E-state index in [1.54, 1.807) is 17.5 Å². The zero-order valence-electron chi connectivity index (χ0n) is 15.7. The van der Waals surface area contributed by atoms with Gasteiger partial charge in [0.1, 0.15) is 5.01 Å². The van der Waals surface area contributed by atoms with Crippen LogP contribution in [0.2, 0.25) is 0 Å². The van der Waals surface area contributed by atoms with E-state index in [1.807, 2.05) is 66.4 Å². The van der Waals surface area contributed by atoms with Crippen molar-refractivity contribution in [2.75, 3.05) is 5.32 Å².